The maximum absolute atomic E-state index is 12.4. The first kappa shape index (κ1) is 20.0. The van der Waals surface area contributed by atoms with Crippen LogP contribution in [0.1, 0.15) is 40.0 Å². The van der Waals surface area contributed by atoms with E-state index in [1.54, 1.807) is 28.0 Å². The van der Waals surface area contributed by atoms with E-state index in [1.165, 1.54) is 4.90 Å². The van der Waals surface area contributed by atoms with Crippen LogP contribution in [0.15, 0.2) is 22.7 Å². The molecule has 1 aromatic carbocycles. The van der Waals surface area contributed by atoms with Gasteiger partial charge >= 0.3 is 0 Å². The zero-order valence-electron chi connectivity index (χ0n) is 15.2. The summed E-state index contributed by atoms with van der Waals surface area (Å²) in [7, 11) is 0. The van der Waals surface area contributed by atoms with Gasteiger partial charge in [0.15, 0.2) is 0 Å². The number of carbonyl (C=O) groups excluding carboxylic acids is 4. The Balaban J connectivity index is 1.47. The second-order valence-electron chi connectivity index (χ2n) is 6.65. The second kappa shape index (κ2) is 8.52. The molecule has 0 spiro atoms. The quantitative estimate of drug-likeness (QED) is 0.636. The average Bonchev–Trinajstić information content (AvgIpc) is 2.92. The number of imide groups is 1. The third kappa shape index (κ3) is 4.07. The van der Waals surface area contributed by atoms with E-state index in [2.05, 4.69) is 15.9 Å². The fourth-order valence-corrected chi connectivity index (χ4v) is 3.76. The van der Waals surface area contributed by atoms with Gasteiger partial charge in [-0.3, -0.25) is 24.1 Å². The lowest BCUT2D eigenvalue weighted by Crippen LogP contribution is -2.50. The first-order valence-corrected chi connectivity index (χ1v) is 9.80. The largest absolute Gasteiger partial charge is 0.339 e. The molecule has 9 heteroatoms. The van der Waals surface area contributed by atoms with Crippen LogP contribution in [0.2, 0.25) is 0 Å². The highest BCUT2D eigenvalue weighted by Crippen LogP contribution is 2.26. The zero-order valence-corrected chi connectivity index (χ0v) is 16.8. The van der Waals surface area contributed by atoms with Crippen molar-refractivity contribution in [3.8, 4) is 6.07 Å². The van der Waals surface area contributed by atoms with Crippen molar-refractivity contribution < 1.29 is 19.2 Å². The Bertz CT molecular complexity index is 871. The molecule has 3 rings (SSSR count). The van der Waals surface area contributed by atoms with E-state index in [9.17, 15) is 19.2 Å². The predicted molar refractivity (Wildman–Crippen MR) is 102 cm³/mol. The van der Waals surface area contributed by atoms with Gasteiger partial charge in [0.2, 0.25) is 11.8 Å². The fourth-order valence-electron chi connectivity index (χ4n) is 3.40. The summed E-state index contributed by atoms with van der Waals surface area (Å²) in [6.07, 6.45) is 0.465. The minimum atomic E-state index is -0.335. The molecule has 0 N–H and O–H groups in total. The number of nitriles is 1. The van der Waals surface area contributed by atoms with Crippen molar-refractivity contribution in [1.82, 2.24) is 14.7 Å². The summed E-state index contributed by atoms with van der Waals surface area (Å²) in [6, 6.07) is 6.81. The Labute approximate surface area is 170 Å². The monoisotopic (exact) mass is 446 g/mol. The Kier molecular flexibility index (Phi) is 6.09. The van der Waals surface area contributed by atoms with Crippen LogP contribution in [-0.2, 0) is 9.59 Å². The van der Waals surface area contributed by atoms with Gasteiger partial charge in [0.25, 0.3) is 11.8 Å². The van der Waals surface area contributed by atoms with E-state index in [4.69, 9.17) is 5.26 Å². The normalized spacial score (nSPS) is 16.2. The molecule has 146 valence electrons. The summed E-state index contributed by atoms with van der Waals surface area (Å²) in [4.78, 5) is 53.3. The van der Waals surface area contributed by atoms with Crippen LogP contribution in [0.3, 0.4) is 0 Å². The zero-order chi connectivity index (χ0) is 20.3. The molecule has 2 heterocycles. The van der Waals surface area contributed by atoms with Crippen LogP contribution >= 0.6 is 15.9 Å². The van der Waals surface area contributed by atoms with Gasteiger partial charge in [0.05, 0.1) is 17.2 Å². The highest BCUT2D eigenvalue weighted by Gasteiger charge is 2.35. The Morgan fingerprint density at radius 2 is 1.61 bits per heavy atom. The number of halogens is 1. The standard InChI is InChI=1S/C19H19BrN4O4/c20-13-3-4-14-15(12-13)19(28)24(18(14)27)7-1-2-16(25)22-8-10-23(11-9-22)17(26)5-6-21/h3-4,12H,1-2,5,7-11H2. The summed E-state index contributed by atoms with van der Waals surface area (Å²) < 4.78 is 0.733. The molecule has 0 aliphatic carbocycles. The molecular formula is C19H19BrN4O4. The molecule has 4 amide bonds. The number of fused-ring (bicyclic) bond motifs is 1. The van der Waals surface area contributed by atoms with E-state index in [0.29, 0.717) is 43.7 Å². The fraction of sp³-hybridized carbons (Fsp3) is 0.421. The summed E-state index contributed by atoms with van der Waals surface area (Å²) in [5.41, 5.74) is 0.765. The molecule has 8 nitrogen and oxygen atoms in total. The lowest BCUT2D eigenvalue weighted by Gasteiger charge is -2.34. The van der Waals surface area contributed by atoms with Gasteiger partial charge < -0.3 is 9.80 Å². The van der Waals surface area contributed by atoms with Gasteiger partial charge in [-0.25, -0.2) is 0 Å². The number of rotatable bonds is 5. The lowest BCUT2D eigenvalue weighted by atomic mass is 10.1. The first-order valence-electron chi connectivity index (χ1n) is 9.00. The van der Waals surface area contributed by atoms with Crippen molar-refractivity contribution in [1.29, 1.82) is 5.26 Å². The SMILES string of the molecule is N#CCC(=O)N1CCN(C(=O)CCCN2C(=O)c3ccc(Br)cc3C2=O)CC1. The Morgan fingerprint density at radius 3 is 2.25 bits per heavy atom. The number of hydrogen-bond acceptors (Lipinski definition) is 5. The third-order valence-corrected chi connectivity index (χ3v) is 5.41. The molecule has 1 saturated heterocycles. The highest BCUT2D eigenvalue weighted by molar-refractivity contribution is 9.10. The van der Waals surface area contributed by atoms with Crippen molar-refractivity contribution in [3.05, 3.63) is 33.8 Å². The molecule has 0 bridgehead atoms. The molecule has 0 radical (unpaired) electrons. The molecule has 2 aliphatic heterocycles. The summed E-state index contributed by atoms with van der Waals surface area (Å²) >= 11 is 3.30. The highest BCUT2D eigenvalue weighted by atomic mass is 79.9. The second-order valence-corrected chi connectivity index (χ2v) is 7.57. The van der Waals surface area contributed by atoms with Crippen molar-refractivity contribution in [2.45, 2.75) is 19.3 Å². The van der Waals surface area contributed by atoms with Crippen LogP contribution in [-0.4, -0.2) is 71.1 Å². The lowest BCUT2D eigenvalue weighted by molar-refractivity contribution is -0.139. The molecule has 0 aromatic heterocycles. The minimum absolute atomic E-state index is 0.0632. The van der Waals surface area contributed by atoms with E-state index >= 15 is 0 Å². The van der Waals surface area contributed by atoms with Gasteiger partial charge in [-0.2, -0.15) is 5.26 Å². The number of carbonyl (C=O) groups is 4. The Hall–Kier alpha value is -2.73. The van der Waals surface area contributed by atoms with Gasteiger partial charge in [0, 0.05) is 43.6 Å². The van der Waals surface area contributed by atoms with E-state index in [-0.39, 0.29) is 43.0 Å². The van der Waals surface area contributed by atoms with Gasteiger partial charge in [-0.1, -0.05) is 15.9 Å². The maximum Gasteiger partial charge on any atom is 0.261 e. The molecule has 0 saturated carbocycles. The summed E-state index contributed by atoms with van der Waals surface area (Å²) in [5, 5.41) is 8.59. The smallest absolute Gasteiger partial charge is 0.261 e. The van der Waals surface area contributed by atoms with Crippen molar-refractivity contribution >= 4 is 39.6 Å². The molecule has 2 aliphatic rings. The van der Waals surface area contributed by atoms with Crippen LogP contribution < -0.4 is 0 Å². The molecular weight excluding hydrogens is 428 g/mol. The van der Waals surface area contributed by atoms with Crippen LogP contribution in [0.25, 0.3) is 0 Å². The van der Waals surface area contributed by atoms with Gasteiger partial charge in [-0.15, -0.1) is 0 Å². The molecule has 28 heavy (non-hydrogen) atoms. The summed E-state index contributed by atoms with van der Waals surface area (Å²) in [5.74, 6) is -0.943. The molecule has 1 aromatic rings. The van der Waals surface area contributed by atoms with Gasteiger partial charge in [0.1, 0.15) is 6.42 Å². The van der Waals surface area contributed by atoms with E-state index in [1.807, 2.05) is 6.07 Å². The van der Waals surface area contributed by atoms with Crippen molar-refractivity contribution in [2.75, 3.05) is 32.7 Å². The molecule has 0 unspecified atom stereocenters. The van der Waals surface area contributed by atoms with Crippen LogP contribution in [0.4, 0.5) is 0 Å². The topological polar surface area (TPSA) is 102 Å². The average molecular weight is 447 g/mol. The van der Waals surface area contributed by atoms with Crippen molar-refractivity contribution in [3.63, 3.8) is 0 Å². The van der Waals surface area contributed by atoms with Gasteiger partial charge in [-0.05, 0) is 24.6 Å². The number of piperazine rings is 1. The maximum atomic E-state index is 12.4. The number of nitrogens with zero attached hydrogens (tertiary/aromatic N) is 4. The number of amides is 4. The third-order valence-electron chi connectivity index (χ3n) is 4.92. The van der Waals surface area contributed by atoms with Crippen molar-refractivity contribution in [2.24, 2.45) is 0 Å². The van der Waals surface area contributed by atoms with E-state index in [0.717, 1.165) is 4.47 Å². The molecule has 0 atom stereocenters. The molecule has 1 fully saturated rings. The summed E-state index contributed by atoms with van der Waals surface area (Å²) in [6.45, 7) is 1.88. The van der Waals surface area contributed by atoms with Crippen LogP contribution in [0.5, 0.6) is 0 Å². The number of hydrogen-bond donors (Lipinski definition) is 0. The van der Waals surface area contributed by atoms with Crippen LogP contribution in [0, 0.1) is 11.3 Å². The van der Waals surface area contributed by atoms with E-state index < -0.39 is 0 Å². The Morgan fingerprint density at radius 1 is 1.00 bits per heavy atom. The first-order chi connectivity index (χ1) is 13.4. The minimum Gasteiger partial charge on any atom is -0.339 e. The predicted octanol–water partition coefficient (Wildman–Crippen LogP) is 1.41. The number of benzene rings is 1.